The normalized spacial score (nSPS) is 8.92. The number of hydrogen-bond acceptors (Lipinski definition) is 10. The van der Waals surface area contributed by atoms with Crippen molar-refractivity contribution in [3.8, 4) is 0 Å². The lowest BCUT2D eigenvalue weighted by molar-refractivity contribution is -0.135. The van der Waals surface area contributed by atoms with Crippen molar-refractivity contribution in [3.05, 3.63) is 29.8 Å². The van der Waals surface area contributed by atoms with Crippen molar-refractivity contribution in [1.29, 1.82) is 0 Å². The molecule has 1 atom stereocenters. The first-order valence-electron chi connectivity index (χ1n) is 10.7. The molecule has 0 amide bonds. The Balaban J connectivity index is -0.000000148. The van der Waals surface area contributed by atoms with Gasteiger partial charge in [-0.3, -0.25) is 24.0 Å². The molecule has 38 heavy (non-hydrogen) atoms. The maximum absolute atomic E-state index is 9.00. The predicted octanol–water partition coefficient (Wildman–Crippen LogP) is 1.90. The molecule has 0 saturated heterocycles. The van der Waals surface area contributed by atoms with Gasteiger partial charge in [0, 0.05) is 66.8 Å². The van der Waals surface area contributed by atoms with Gasteiger partial charge in [-0.05, 0) is 30.8 Å². The van der Waals surface area contributed by atoms with E-state index in [9.17, 15) is 0 Å². The van der Waals surface area contributed by atoms with Crippen LogP contribution in [0.25, 0.3) is 0 Å². The highest BCUT2D eigenvalue weighted by Gasteiger charge is 2.02. The molecule has 1 rings (SSSR count). The van der Waals surface area contributed by atoms with Gasteiger partial charge >= 0.3 is 0 Å². The van der Waals surface area contributed by atoms with Crippen molar-refractivity contribution in [2.24, 2.45) is 10.7 Å². The Kier molecular flexibility index (Phi) is 38.7. The van der Waals surface area contributed by atoms with Crippen LogP contribution >= 0.6 is 12.2 Å². The number of para-hydroxylation sites is 1. The number of benzene rings is 1. The average molecular weight is 565 g/mol. The number of nitrogens with one attached hydrogen (secondary N) is 2. The van der Waals surface area contributed by atoms with Gasteiger partial charge in [0.15, 0.2) is 0 Å². The van der Waals surface area contributed by atoms with Crippen molar-refractivity contribution in [2.45, 2.75) is 54.1 Å². The molecule has 0 heterocycles. The average Bonchev–Trinajstić information content (AvgIpc) is 2.72. The second kappa shape index (κ2) is 33.2. The van der Waals surface area contributed by atoms with Gasteiger partial charge in [0.05, 0.1) is 10.8 Å². The van der Waals surface area contributed by atoms with Crippen molar-refractivity contribution < 1.29 is 49.5 Å². The Bertz CT molecular complexity index is 758. The number of carbonyl (C=O) groups is 5. The Morgan fingerprint density at radius 3 is 1.58 bits per heavy atom. The molecule has 0 radical (unpaired) electrons. The highest BCUT2D eigenvalue weighted by Crippen LogP contribution is 2.17. The first kappa shape index (κ1) is 44.3. The molecule has 0 spiro atoms. The third-order valence-corrected chi connectivity index (χ3v) is 2.65. The third-order valence-electron chi connectivity index (χ3n) is 2.56. The zero-order chi connectivity index (χ0) is 31.1. The van der Waals surface area contributed by atoms with Crippen molar-refractivity contribution in [3.63, 3.8) is 0 Å². The Labute approximate surface area is 227 Å². The van der Waals surface area contributed by atoms with E-state index in [1.807, 2.05) is 24.3 Å². The van der Waals surface area contributed by atoms with Gasteiger partial charge in [-0.1, -0.05) is 18.2 Å². The van der Waals surface area contributed by atoms with Gasteiger partial charge in [0.1, 0.15) is 0 Å². The van der Waals surface area contributed by atoms with Crippen LogP contribution in [0.1, 0.15) is 47.1 Å². The lowest BCUT2D eigenvalue weighted by atomic mass is 10.2. The van der Waals surface area contributed by atoms with Gasteiger partial charge in [-0.15, -0.1) is 0 Å². The molecular formula is C23H40N4O10S. The number of thiocarbonyl (C=S) groups is 1. The smallest absolute Gasteiger partial charge is 0.300 e. The molecule has 15 heteroatoms. The van der Waals surface area contributed by atoms with Crippen molar-refractivity contribution in [1.82, 2.24) is 10.6 Å². The summed E-state index contributed by atoms with van der Waals surface area (Å²) in [6.07, 6.45) is 0. The van der Waals surface area contributed by atoms with Crippen molar-refractivity contribution >= 4 is 52.9 Å². The van der Waals surface area contributed by atoms with Crippen LogP contribution in [0.15, 0.2) is 29.3 Å². The van der Waals surface area contributed by atoms with E-state index in [-0.39, 0.29) is 0 Å². The standard InChI is InChI=1S/C13H20N4S.5C2H4O2/c1-11(16-7-6-14)8-15-9-12-4-2-3-5-13(12)17-10-18;5*1-2(3)4/h2-5,11,15-16H,6-9,14H2,1H3;5*1H3,(H,3,4). The second-order valence-electron chi connectivity index (χ2n) is 6.70. The quantitative estimate of drug-likeness (QED) is 0.166. The second-order valence-corrected chi connectivity index (χ2v) is 6.88. The molecule has 0 saturated carbocycles. The Morgan fingerprint density at radius 2 is 1.24 bits per heavy atom. The monoisotopic (exact) mass is 564 g/mol. The lowest BCUT2D eigenvalue weighted by Crippen LogP contribution is -2.38. The number of aliphatic carboxylic acids is 5. The van der Waals surface area contributed by atoms with Gasteiger partial charge in [0.25, 0.3) is 29.8 Å². The summed E-state index contributed by atoms with van der Waals surface area (Å²) in [4.78, 5) is 49.0. The predicted molar refractivity (Wildman–Crippen MR) is 146 cm³/mol. The van der Waals surface area contributed by atoms with Gasteiger partial charge in [-0.2, -0.15) is 4.99 Å². The number of rotatable bonds is 8. The molecule has 14 nitrogen and oxygen atoms in total. The number of nitrogens with two attached hydrogens (primary N) is 1. The topological polar surface area (TPSA) is 249 Å². The molecule has 0 aliphatic carbocycles. The molecule has 0 aliphatic heterocycles. The minimum absolute atomic E-state index is 0.398. The van der Waals surface area contributed by atoms with Crippen LogP contribution in [0.5, 0.6) is 0 Å². The van der Waals surface area contributed by atoms with Gasteiger partial charge in [-0.25, -0.2) is 0 Å². The van der Waals surface area contributed by atoms with Crippen LogP contribution in [-0.2, 0) is 30.5 Å². The van der Waals surface area contributed by atoms with E-state index in [0.717, 1.165) is 65.5 Å². The summed E-state index contributed by atoms with van der Waals surface area (Å²) >= 11 is 4.64. The molecule has 218 valence electrons. The number of nitrogens with zero attached hydrogens (tertiary/aromatic N) is 1. The summed E-state index contributed by atoms with van der Waals surface area (Å²) in [6.45, 7) is 10.7. The van der Waals surface area contributed by atoms with E-state index >= 15 is 0 Å². The summed E-state index contributed by atoms with van der Waals surface area (Å²) < 4.78 is 0. The maximum Gasteiger partial charge on any atom is 0.300 e. The number of aliphatic imine (C=N–C) groups is 1. The highest BCUT2D eigenvalue weighted by molar-refractivity contribution is 7.78. The van der Waals surface area contributed by atoms with E-state index in [1.54, 1.807) is 0 Å². The highest BCUT2D eigenvalue weighted by atomic mass is 32.1. The largest absolute Gasteiger partial charge is 0.481 e. The van der Waals surface area contributed by atoms with Crippen LogP contribution in [-0.4, -0.2) is 86.2 Å². The SMILES string of the molecule is CC(=O)O.CC(=O)O.CC(=O)O.CC(=O)O.CC(=O)O.CC(CNCc1ccccc1N=C=S)NCCN. The van der Waals surface area contributed by atoms with Gasteiger partial charge < -0.3 is 41.9 Å². The number of carboxylic acid groups (broad SMARTS) is 5. The summed E-state index contributed by atoms with van der Waals surface area (Å²) in [5.41, 5.74) is 7.44. The van der Waals surface area contributed by atoms with Crippen LogP contribution in [0.2, 0.25) is 0 Å². The van der Waals surface area contributed by atoms with Crippen LogP contribution in [0.4, 0.5) is 5.69 Å². The Morgan fingerprint density at radius 1 is 0.868 bits per heavy atom. The number of isothiocyanates is 1. The lowest BCUT2D eigenvalue weighted by Gasteiger charge is -2.14. The van der Waals surface area contributed by atoms with Crippen LogP contribution in [0.3, 0.4) is 0 Å². The molecule has 0 aliphatic rings. The van der Waals surface area contributed by atoms with Crippen LogP contribution in [0, 0.1) is 0 Å². The molecule has 0 bridgehead atoms. The zero-order valence-corrected chi connectivity index (χ0v) is 23.2. The molecule has 1 aromatic carbocycles. The summed E-state index contributed by atoms with van der Waals surface area (Å²) in [5.74, 6) is -4.17. The van der Waals surface area contributed by atoms with E-state index in [4.69, 9.17) is 55.2 Å². The van der Waals surface area contributed by atoms with Crippen molar-refractivity contribution in [2.75, 3.05) is 19.6 Å². The molecule has 0 fully saturated rings. The first-order valence-corrected chi connectivity index (χ1v) is 11.1. The molecule has 1 unspecified atom stereocenters. The molecule has 1 aromatic rings. The van der Waals surface area contributed by atoms with E-state index < -0.39 is 29.8 Å². The number of hydrogen-bond donors (Lipinski definition) is 8. The van der Waals surface area contributed by atoms with Crippen LogP contribution < -0.4 is 16.4 Å². The minimum Gasteiger partial charge on any atom is -0.481 e. The number of carboxylic acids is 5. The van der Waals surface area contributed by atoms with Gasteiger partial charge in [0.2, 0.25) is 0 Å². The minimum atomic E-state index is -0.833. The first-order chi connectivity index (χ1) is 17.4. The summed E-state index contributed by atoms with van der Waals surface area (Å²) in [6, 6.07) is 8.31. The third kappa shape index (κ3) is 76.8. The fourth-order valence-electron chi connectivity index (χ4n) is 1.64. The van der Waals surface area contributed by atoms with E-state index in [0.29, 0.717) is 12.6 Å². The summed E-state index contributed by atoms with van der Waals surface area (Å²) in [5, 5.41) is 46.2. The fourth-order valence-corrected chi connectivity index (χ4v) is 1.74. The fraction of sp³-hybridized carbons (Fsp3) is 0.478. The molecule has 9 N–H and O–H groups in total. The Hall–Kier alpha value is -3.75. The van der Waals surface area contributed by atoms with E-state index in [1.165, 1.54) is 0 Å². The zero-order valence-electron chi connectivity index (χ0n) is 22.4. The maximum atomic E-state index is 9.00. The summed E-state index contributed by atoms with van der Waals surface area (Å²) in [7, 11) is 0. The molecule has 0 aromatic heterocycles. The van der Waals surface area contributed by atoms with E-state index in [2.05, 4.69) is 39.9 Å². The molecular weight excluding hydrogens is 524 g/mol.